The summed E-state index contributed by atoms with van der Waals surface area (Å²) in [6.45, 7) is 0. The van der Waals surface area contributed by atoms with Crippen molar-refractivity contribution in [3.05, 3.63) is 59.7 Å². The number of nitrogens with one attached hydrogen (secondary N) is 2. The molecule has 2 aromatic carbocycles. The highest BCUT2D eigenvalue weighted by atomic mass is 19.1. The summed E-state index contributed by atoms with van der Waals surface area (Å²) in [5, 5.41) is 5.69. The standard InChI is InChI=1S/C16H14F2N2O/c17-11-7-12(18)9-13(8-11)19-16(21)15-6-5-10-3-1-2-4-14(10)20-15/h1-4,7-9,15,20H,5-6H2,(H,19,21). The number of fused-ring (bicyclic) bond motifs is 1. The average molecular weight is 288 g/mol. The van der Waals surface area contributed by atoms with Gasteiger partial charge in [-0.15, -0.1) is 0 Å². The van der Waals surface area contributed by atoms with Gasteiger partial charge in [-0.25, -0.2) is 8.78 Å². The van der Waals surface area contributed by atoms with Crippen molar-refractivity contribution < 1.29 is 13.6 Å². The predicted molar refractivity (Wildman–Crippen MR) is 77.2 cm³/mol. The van der Waals surface area contributed by atoms with Gasteiger partial charge in [-0.05, 0) is 36.6 Å². The third kappa shape index (κ3) is 3.02. The van der Waals surface area contributed by atoms with Crippen molar-refractivity contribution in [2.75, 3.05) is 10.6 Å². The number of hydrogen-bond acceptors (Lipinski definition) is 2. The SMILES string of the molecule is O=C(Nc1cc(F)cc(F)c1)C1CCc2ccccc2N1. The van der Waals surface area contributed by atoms with E-state index in [2.05, 4.69) is 10.6 Å². The summed E-state index contributed by atoms with van der Waals surface area (Å²) in [6, 6.07) is 10.3. The maximum atomic E-state index is 13.1. The van der Waals surface area contributed by atoms with E-state index in [9.17, 15) is 13.6 Å². The van der Waals surface area contributed by atoms with Crippen molar-refractivity contribution in [2.45, 2.75) is 18.9 Å². The number of para-hydroxylation sites is 1. The average Bonchev–Trinajstić information content (AvgIpc) is 2.45. The van der Waals surface area contributed by atoms with Gasteiger partial charge >= 0.3 is 0 Å². The Morgan fingerprint density at radius 3 is 2.62 bits per heavy atom. The monoisotopic (exact) mass is 288 g/mol. The minimum Gasteiger partial charge on any atom is -0.373 e. The van der Waals surface area contributed by atoms with E-state index in [1.54, 1.807) is 0 Å². The Morgan fingerprint density at radius 1 is 1.14 bits per heavy atom. The first-order valence-electron chi connectivity index (χ1n) is 6.73. The van der Waals surface area contributed by atoms with Crippen LogP contribution in [0.2, 0.25) is 0 Å². The Bertz CT molecular complexity index is 667. The zero-order chi connectivity index (χ0) is 14.8. The zero-order valence-electron chi connectivity index (χ0n) is 11.2. The fraction of sp³-hybridized carbons (Fsp3) is 0.188. The summed E-state index contributed by atoms with van der Waals surface area (Å²) in [5.41, 5.74) is 2.21. The molecule has 1 heterocycles. The van der Waals surface area contributed by atoms with Gasteiger partial charge in [0.25, 0.3) is 0 Å². The minimum absolute atomic E-state index is 0.123. The van der Waals surface area contributed by atoms with Crippen molar-refractivity contribution in [1.29, 1.82) is 0 Å². The molecule has 0 saturated carbocycles. The van der Waals surface area contributed by atoms with Crippen LogP contribution in [0, 0.1) is 11.6 Å². The van der Waals surface area contributed by atoms with Crippen LogP contribution in [0.4, 0.5) is 20.2 Å². The van der Waals surface area contributed by atoms with Gasteiger partial charge in [-0.1, -0.05) is 18.2 Å². The van der Waals surface area contributed by atoms with Crippen LogP contribution in [0.5, 0.6) is 0 Å². The first kappa shape index (κ1) is 13.5. The Morgan fingerprint density at radius 2 is 1.86 bits per heavy atom. The van der Waals surface area contributed by atoms with Gasteiger partial charge in [0.05, 0.1) is 0 Å². The number of carbonyl (C=O) groups excluding carboxylic acids is 1. The zero-order valence-corrected chi connectivity index (χ0v) is 11.2. The van der Waals surface area contributed by atoms with E-state index in [0.29, 0.717) is 6.42 Å². The van der Waals surface area contributed by atoms with Crippen LogP contribution in [0.1, 0.15) is 12.0 Å². The molecule has 3 rings (SSSR count). The van der Waals surface area contributed by atoms with E-state index in [0.717, 1.165) is 30.3 Å². The number of halogens is 2. The molecule has 0 radical (unpaired) electrons. The quantitative estimate of drug-likeness (QED) is 0.890. The number of hydrogen-bond donors (Lipinski definition) is 2. The molecule has 0 aliphatic carbocycles. The smallest absolute Gasteiger partial charge is 0.246 e. The molecule has 2 N–H and O–H groups in total. The summed E-state index contributed by atoms with van der Waals surface area (Å²) < 4.78 is 26.2. The van der Waals surface area contributed by atoms with Gasteiger partial charge in [0.1, 0.15) is 17.7 Å². The van der Waals surface area contributed by atoms with Crippen molar-refractivity contribution in [3.8, 4) is 0 Å². The molecule has 3 nitrogen and oxygen atoms in total. The van der Waals surface area contributed by atoms with E-state index in [4.69, 9.17) is 0 Å². The highest BCUT2D eigenvalue weighted by molar-refractivity contribution is 5.97. The first-order valence-corrected chi connectivity index (χ1v) is 6.73. The van der Waals surface area contributed by atoms with E-state index in [1.807, 2.05) is 24.3 Å². The first-order chi connectivity index (χ1) is 10.1. The molecular formula is C16H14F2N2O. The number of carbonyl (C=O) groups is 1. The minimum atomic E-state index is -0.716. The fourth-order valence-electron chi connectivity index (χ4n) is 2.49. The molecule has 1 aliphatic rings. The van der Waals surface area contributed by atoms with Crippen LogP contribution in [0.3, 0.4) is 0 Å². The number of rotatable bonds is 2. The number of amides is 1. The third-order valence-electron chi connectivity index (χ3n) is 3.50. The molecule has 0 bridgehead atoms. The Kier molecular flexibility index (Phi) is 3.56. The normalized spacial score (nSPS) is 16.8. The lowest BCUT2D eigenvalue weighted by atomic mass is 9.97. The molecule has 2 aromatic rings. The van der Waals surface area contributed by atoms with E-state index in [1.165, 1.54) is 5.56 Å². The summed E-state index contributed by atoms with van der Waals surface area (Å²) in [5.74, 6) is -1.73. The van der Waals surface area contributed by atoms with E-state index < -0.39 is 17.7 Å². The van der Waals surface area contributed by atoms with Crippen LogP contribution in [0.15, 0.2) is 42.5 Å². The van der Waals surface area contributed by atoms with Gasteiger partial charge in [0.15, 0.2) is 0 Å². The fourth-order valence-corrected chi connectivity index (χ4v) is 2.49. The Hall–Kier alpha value is -2.43. The van der Waals surface area contributed by atoms with Gasteiger partial charge in [0.2, 0.25) is 5.91 Å². The van der Waals surface area contributed by atoms with E-state index in [-0.39, 0.29) is 11.6 Å². The van der Waals surface area contributed by atoms with Crippen molar-refractivity contribution in [2.24, 2.45) is 0 Å². The summed E-state index contributed by atoms with van der Waals surface area (Å²) >= 11 is 0. The Balaban J connectivity index is 1.72. The van der Waals surface area contributed by atoms with Crippen LogP contribution in [0.25, 0.3) is 0 Å². The molecule has 108 valence electrons. The van der Waals surface area contributed by atoms with Crippen molar-refractivity contribution in [1.82, 2.24) is 0 Å². The maximum absolute atomic E-state index is 13.1. The van der Waals surface area contributed by atoms with Gasteiger partial charge in [-0.3, -0.25) is 4.79 Å². The molecule has 0 fully saturated rings. The molecule has 5 heteroatoms. The van der Waals surface area contributed by atoms with Crippen LogP contribution in [-0.4, -0.2) is 11.9 Å². The lowest BCUT2D eigenvalue weighted by Crippen LogP contribution is -2.37. The highest BCUT2D eigenvalue weighted by Gasteiger charge is 2.23. The molecular weight excluding hydrogens is 274 g/mol. The molecule has 0 spiro atoms. The number of benzene rings is 2. The second-order valence-electron chi connectivity index (χ2n) is 5.04. The topological polar surface area (TPSA) is 41.1 Å². The molecule has 1 atom stereocenters. The summed E-state index contributed by atoms with van der Waals surface area (Å²) in [7, 11) is 0. The summed E-state index contributed by atoms with van der Waals surface area (Å²) in [4.78, 5) is 12.2. The lowest BCUT2D eigenvalue weighted by Gasteiger charge is -2.26. The maximum Gasteiger partial charge on any atom is 0.246 e. The lowest BCUT2D eigenvalue weighted by molar-refractivity contribution is -0.117. The number of anilines is 2. The van der Waals surface area contributed by atoms with Crippen LogP contribution in [-0.2, 0) is 11.2 Å². The third-order valence-corrected chi connectivity index (χ3v) is 3.50. The van der Waals surface area contributed by atoms with Crippen molar-refractivity contribution >= 4 is 17.3 Å². The van der Waals surface area contributed by atoms with Crippen LogP contribution >= 0.6 is 0 Å². The number of aryl methyl sites for hydroxylation is 1. The molecule has 1 unspecified atom stereocenters. The van der Waals surface area contributed by atoms with E-state index >= 15 is 0 Å². The summed E-state index contributed by atoms with van der Waals surface area (Å²) in [6.07, 6.45) is 1.43. The van der Waals surface area contributed by atoms with Crippen LogP contribution < -0.4 is 10.6 Å². The second-order valence-corrected chi connectivity index (χ2v) is 5.04. The van der Waals surface area contributed by atoms with Gasteiger partial charge < -0.3 is 10.6 Å². The molecule has 1 amide bonds. The second kappa shape index (κ2) is 5.52. The highest BCUT2D eigenvalue weighted by Crippen LogP contribution is 2.25. The predicted octanol–water partition coefficient (Wildman–Crippen LogP) is 3.33. The van der Waals surface area contributed by atoms with Crippen molar-refractivity contribution in [3.63, 3.8) is 0 Å². The van der Waals surface area contributed by atoms with Gasteiger partial charge in [-0.2, -0.15) is 0 Å². The molecule has 21 heavy (non-hydrogen) atoms. The molecule has 0 aromatic heterocycles. The molecule has 0 saturated heterocycles. The largest absolute Gasteiger partial charge is 0.373 e. The molecule has 1 aliphatic heterocycles. The van der Waals surface area contributed by atoms with Gasteiger partial charge in [0, 0.05) is 17.4 Å². The Labute approximate surface area is 121 Å².